The fraction of sp³-hybridized carbons (Fsp3) is 0.190. The van der Waals surface area contributed by atoms with E-state index in [1.807, 2.05) is 0 Å². The molecule has 3 aromatic rings. The number of azo groups is 1. The Labute approximate surface area is 182 Å². The van der Waals surface area contributed by atoms with Gasteiger partial charge >= 0.3 is 5.97 Å². The molecule has 0 radical (unpaired) electrons. The summed E-state index contributed by atoms with van der Waals surface area (Å²) in [5.74, 6) is -2.11. The lowest BCUT2D eigenvalue weighted by Crippen LogP contribution is -2.28. The lowest BCUT2D eigenvalue weighted by atomic mass is 10.2. The number of rotatable bonds is 7. The van der Waals surface area contributed by atoms with Crippen molar-refractivity contribution in [2.24, 2.45) is 10.2 Å². The Morgan fingerprint density at radius 2 is 1.84 bits per heavy atom. The second-order valence-electron chi connectivity index (χ2n) is 6.34. The minimum Gasteiger partial charge on any atom is -0.493 e. The smallest absolute Gasteiger partial charge is 0.326 e. The van der Waals surface area contributed by atoms with E-state index in [4.69, 9.17) is 16.3 Å². The van der Waals surface area contributed by atoms with Crippen LogP contribution in [0.3, 0.4) is 0 Å². The summed E-state index contributed by atoms with van der Waals surface area (Å²) < 4.78 is 6.25. The largest absolute Gasteiger partial charge is 0.493 e. The molecule has 2 amide bonds. The van der Waals surface area contributed by atoms with Gasteiger partial charge in [-0.3, -0.25) is 19.0 Å². The van der Waals surface area contributed by atoms with Crippen molar-refractivity contribution in [2.45, 2.75) is 13.5 Å². The highest BCUT2D eigenvalue weighted by atomic mass is 35.5. The Hall–Kier alpha value is -3.72. The van der Waals surface area contributed by atoms with E-state index in [0.29, 0.717) is 10.9 Å². The number of halogens is 1. The minimum absolute atomic E-state index is 0.0330. The molecule has 3 rings (SSSR count). The molecule has 0 spiro atoms. The predicted octanol–water partition coefficient (Wildman–Crippen LogP) is 3.60. The van der Waals surface area contributed by atoms with E-state index in [0.717, 1.165) is 0 Å². The third-order valence-corrected chi connectivity index (χ3v) is 4.62. The minimum atomic E-state index is -0.734. The summed E-state index contributed by atoms with van der Waals surface area (Å²) in [5, 5.41) is 21.1. The molecule has 2 N–H and O–H groups in total. The van der Waals surface area contributed by atoms with E-state index in [-0.39, 0.29) is 35.3 Å². The van der Waals surface area contributed by atoms with Crippen molar-refractivity contribution in [3.05, 3.63) is 59.1 Å². The van der Waals surface area contributed by atoms with Gasteiger partial charge in [0.05, 0.1) is 22.7 Å². The van der Waals surface area contributed by atoms with E-state index in [9.17, 15) is 19.5 Å². The maximum atomic E-state index is 12.1. The SMILES string of the molecule is CCOC(=O)Cn1c(O)c(N=NC(=O)CNC(=O)c2ccccc2Cl)c2ccccc21. The average molecular weight is 443 g/mol. The summed E-state index contributed by atoms with van der Waals surface area (Å²) in [6.07, 6.45) is 0. The van der Waals surface area contributed by atoms with Gasteiger partial charge in [0.15, 0.2) is 5.69 Å². The number of fused-ring (bicyclic) bond motifs is 1. The summed E-state index contributed by atoms with van der Waals surface area (Å²) >= 11 is 5.96. The number of amides is 2. The fourth-order valence-electron chi connectivity index (χ4n) is 2.90. The van der Waals surface area contributed by atoms with Gasteiger partial charge in [0, 0.05) is 5.39 Å². The molecule has 9 nitrogen and oxygen atoms in total. The first-order valence-corrected chi connectivity index (χ1v) is 9.73. The fourth-order valence-corrected chi connectivity index (χ4v) is 3.13. The van der Waals surface area contributed by atoms with Crippen LogP contribution in [-0.4, -0.2) is 40.6 Å². The monoisotopic (exact) mass is 442 g/mol. The zero-order valence-corrected chi connectivity index (χ0v) is 17.3. The number of benzene rings is 2. The maximum absolute atomic E-state index is 12.1. The number of aromatic nitrogens is 1. The molecule has 0 atom stereocenters. The van der Waals surface area contributed by atoms with Gasteiger partial charge in [0.1, 0.15) is 13.1 Å². The number of carbonyl (C=O) groups is 3. The highest BCUT2D eigenvalue weighted by molar-refractivity contribution is 6.33. The van der Waals surface area contributed by atoms with Crippen LogP contribution in [0.4, 0.5) is 5.69 Å². The molecule has 1 heterocycles. The van der Waals surface area contributed by atoms with E-state index in [1.54, 1.807) is 49.4 Å². The van der Waals surface area contributed by atoms with Crippen LogP contribution in [0.2, 0.25) is 5.02 Å². The third kappa shape index (κ3) is 5.07. The van der Waals surface area contributed by atoms with Gasteiger partial charge in [0.2, 0.25) is 5.88 Å². The number of hydrogen-bond acceptors (Lipinski definition) is 6. The van der Waals surface area contributed by atoms with Crippen molar-refractivity contribution < 1.29 is 24.2 Å². The Bertz CT molecular complexity index is 1170. The normalized spacial score (nSPS) is 11.0. The number of carbonyl (C=O) groups excluding carboxylic acids is 3. The number of hydrogen-bond donors (Lipinski definition) is 2. The summed E-state index contributed by atoms with van der Waals surface area (Å²) in [6, 6.07) is 13.3. The van der Waals surface area contributed by atoms with Crippen molar-refractivity contribution in [1.29, 1.82) is 0 Å². The van der Waals surface area contributed by atoms with Gasteiger partial charge in [-0.2, -0.15) is 0 Å². The van der Waals surface area contributed by atoms with Crippen molar-refractivity contribution in [2.75, 3.05) is 13.2 Å². The second kappa shape index (κ2) is 9.86. The number of ether oxygens (including phenoxy) is 1. The number of aromatic hydroxyl groups is 1. The van der Waals surface area contributed by atoms with Crippen LogP contribution in [0, 0.1) is 0 Å². The highest BCUT2D eigenvalue weighted by Gasteiger charge is 2.19. The summed E-state index contributed by atoms with van der Waals surface area (Å²) in [5.41, 5.74) is 0.792. The molecule has 0 unspecified atom stereocenters. The van der Waals surface area contributed by atoms with Crippen molar-refractivity contribution in [3.63, 3.8) is 0 Å². The molecule has 10 heteroatoms. The number of esters is 1. The molecule has 2 aromatic carbocycles. The zero-order chi connectivity index (χ0) is 22.4. The van der Waals surface area contributed by atoms with Gasteiger partial charge in [0.25, 0.3) is 11.8 Å². The van der Waals surface area contributed by atoms with Gasteiger partial charge in [-0.1, -0.05) is 41.9 Å². The van der Waals surface area contributed by atoms with Gasteiger partial charge in [-0.05, 0) is 25.1 Å². The molecule has 0 fully saturated rings. The van der Waals surface area contributed by atoms with Gasteiger partial charge < -0.3 is 15.2 Å². The van der Waals surface area contributed by atoms with Crippen LogP contribution in [-0.2, 0) is 20.9 Å². The third-order valence-electron chi connectivity index (χ3n) is 4.29. The zero-order valence-electron chi connectivity index (χ0n) is 16.5. The first kappa shape index (κ1) is 22.0. The predicted molar refractivity (Wildman–Crippen MR) is 114 cm³/mol. The van der Waals surface area contributed by atoms with E-state index in [2.05, 4.69) is 15.5 Å². The van der Waals surface area contributed by atoms with Crippen LogP contribution >= 0.6 is 11.6 Å². The summed E-state index contributed by atoms with van der Waals surface area (Å²) in [6.45, 7) is 1.26. The van der Waals surface area contributed by atoms with Crippen molar-refractivity contribution >= 4 is 46.0 Å². The quantitative estimate of drug-likeness (QED) is 0.427. The first-order chi connectivity index (χ1) is 14.9. The van der Waals surface area contributed by atoms with Crippen LogP contribution in [0.15, 0.2) is 58.8 Å². The Morgan fingerprint density at radius 3 is 2.58 bits per heavy atom. The first-order valence-electron chi connectivity index (χ1n) is 9.35. The van der Waals surface area contributed by atoms with Crippen LogP contribution in [0.25, 0.3) is 10.9 Å². The molecule has 1 aromatic heterocycles. The summed E-state index contributed by atoms with van der Waals surface area (Å²) in [4.78, 5) is 36.1. The Morgan fingerprint density at radius 1 is 1.13 bits per heavy atom. The molecule has 0 saturated carbocycles. The van der Waals surface area contributed by atoms with E-state index >= 15 is 0 Å². The number of para-hydroxylation sites is 1. The Balaban J connectivity index is 1.75. The van der Waals surface area contributed by atoms with Crippen LogP contribution < -0.4 is 5.32 Å². The van der Waals surface area contributed by atoms with Gasteiger partial charge in [-0.15, -0.1) is 10.2 Å². The van der Waals surface area contributed by atoms with Crippen molar-refractivity contribution in [3.8, 4) is 5.88 Å². The van der Waals surface area contributed by atoms with E-state index < -0.39 is 24.3 Å². The van der Waals surface area contributed by atoms with E-state index in [1.165, 1.54) is 10.6 Å². The lowest BCUT2D eigenvalue weighted by molar-refractivity contribution is -0.143. The topological polar surface area (TPSA) is 122 Å². The maximum Gasteiger partial charge on any atom is 0.326 e. The highest BCUT2D eigenvalue weighted by Crippen LogP contribution is 2.38. The Kier molecular flexibility index (Phi) is 6.99. The molecule has 0 aliphatic rings. The molecule has 31 heavy (non-hydrogen) atoms. The van der Waals surface area contributed by atoms with Crippen molar-refractivity contribution in [1.82, 2.24) is 9.88 Å². The molecule has 0 aliphatic heterocycles. The second-order valence-corrected chi connectivity index (χ2v) is 6.74. The number of nitrogens with one attached hydrogen (secondary N) is 1. The molecule has 0 saturated heterocycles. The average Bonchev–Trinajstić information content (AvgIpc) is 3.02. The standard InChI is InChI=1S/C21H19ClN4O5/c1-2-31-18(28)12-26-16-10-6-4-8-14(16)19(21(26)30)25-24-17(27)11-23-20(29)13-7-3-5-9-15(13)22/h3-10,30H,2,11-12H2,1H3,(H,23,29). The molecule has 0 aliphatic carbocycles. The van der Waals surface area contributed by atoms with Crippen LogP contribution in [0.1, 0.15) is 17.3 Å². The van der Waals surface area contributed by atoms with Crippen LogP contribution in [0.5, 0.6) is 5.88 Å². The lowest BCUT2D eigenvalue weighted by Gasteiger charge is -2.06. The molecule has 160 valence electrons. The number of nitrogens with zero attached hydrogens (tertiary/aromatic N) is 3. The van der Waals surface area contributed by atoms with Gasteiger partial charge in [-0.25, -0.2) is 0 Å². The molecule has 0 bridgehead atoms. The molecular weight excluding hydrogens is 424 g/mol. The summed E-state index contributed by atoms with van der Waals surface area (Å²) in [7, 11) is 0. The molecular formula is C21H19ClN4O5.